The normalized spacial score (nSPS) is 10.0. The molecule has 2 nitrogen and oxygen atoms in total. The average Bonchev–Trinajstić information content (AvgIpc) is 2.01. The van der Waals surface area contributed by atoms with Crippen LogP contribution < -0.4 is 0 Å². The van der Waals surface area contributed by atoms with Crippen LogP contribution in [0, 0.1) is 6.57 Å². The molecule has 0 aromatic carbocycles. The first kappa shape index (κ1) is 10.4. The van der Waals surface area contributed by atoms with Gasteiger partial charge in [0.25, 0.3) is 0 Å². The van der Waals surface area contributed by atoms with Crippen LogP contribution in [0.4, 0.5) is 0 Å². The number of hydrogen-bond donors (Lipinski definition) is 0. The SMILES string of the molecule is [C-]#[N+]CCN(CCC)CCC. The highest BCUT2D eigenvalue weighted by molar-refractivity contribution is 4.64. The molecule has 0 heterocycles. The lowest BCUT2D eigenvalue weighted by atomic mass is 10.3. The van der Waals surface area contributed by atoms with Crippen molar-refractivity contribution in [1.29, 1.82) is 0 Å². The molecule has 11 heavy (non-hydrogen) atoms. The molecule has 0 aliphatic carbocycles. The Balaban J connectivity index is 3.44. The fourth-order valence-electron chi connectivity index (χ4n) is 1.16. The Morgan fingerprint density at radius 3 is 2.00 bits per heavy atom. The van der Waals surface area contributed by atoms with Gasteiger partial charge in [0.05, 0.1) is 6.54 Å². The molecule has 64 valence electrons. The minimum Gasteiger partial charge on any atom is -0.316 e. The minimum absolute atomic E-state index is 0.653. The van der Waals surface area contributed by atoms with Gasteiger partial charge in [-0.15, -0.1) is 0 Å². The summed E-state index contributed by atoms with van der Waals surface area (Å²) in [5.74, 6) is 0. The van der Waals surface area contributed by atoms with Crippen LogP contribution in [0.2, 0.25) is 0 Å². The zero-order valence-electron chi connectivity index (χ0n) is 7.64. The molecule has 2 heteroatoms. The van der Waals surface area contributed by atoms with E-state index in [-0.39, 0.29) is 0 Å². The monoisotopic (exact) mass is 154 g/mol. The van der Waals surface area contributed by atoms with Crippen LogP contribution in [0.5, 0.6) is 0 Å². The fraction of sp³-hybridized carbons (Fsp3) is 0.889. The van der Waals surface area contributed by atoms with Gasteiger partial charge in [0.15, 0.2) is 0 Å². The molecule has 0 radical (unpaired) electrons. The van der Waals surface area contributed by atoms with Crippen molar-refractivity contribution in [3.05, 3.63) is 11.4 Å². The molecular weight excluding hydrogens is 136 g/mol. The molecule has 0 fully saturated rings. The van der Waals surface area contributed by atoms with E-state index in [9.17, 15) is 0 Å². The summed E-state index contributed by atoms with van der Waals surface area (Å²) in [6.07, 6.45) is 2.38. The highest BCUT2D eigenvalue weighted by Gasteiger charge is 2.01. The summed E-state index contributed by atoms with van der Waals surface area (Å²) in [6.45, 7) is 14.9. The lowest BCUT2D eigenvalue weighted by Crippen LogP contribution is -2.27. The van der Waals surface area contributed by atoms with E-state index in [2.05, 4.69) is 23.6 Å². The Morgan fingerprint density at radius 2 is 1.64 bits per heavy atom. The largest absolute Gasteiger partial charge is 0.316 e. The van der Waals surface area contributed by atoms with Crippen LogP contribution in [0.15, 0.2) is 0 Å². The van der Waals surface area contributed by atoms with E-state index in [1.54, 1.807) is 0 Å². The van der Waals surface area contributed by atoms with Gasteiger partial charge in [-0.3, -0.25) is 4.90 Å². The fourth-order valence-corrected chi connectivity index (χ4v) is 1.16. The van der Waals surface area contributed by atoms with E-state index in [0.717, 1.165) is 19.6 Å². The third-order valence-corrected chi connectivity index (χ3v) is 1.61. The third-order valence-electron chi connectivity index (χ3n) is 1.61. The smallest absolute Gasteiger partial charge is 0.227 e. The van der Waals surface area contributed by atoms with Crippen molar-refractivity contribution >= 4 is 0 Å². The van der Waals surface area contributed by atoms with Crippen LogP contribution in [-0.2, 0) is 0 Å². The van der Waals surface area contributed by atoms with Gasteiger partial charge in [-0.05, 0) is 25.9 Å². The van der Waals surface area contributed by atoms with Gasteiger partial charge in [-0.2, -0.15) is 0 Å². The Bertz CT molecular complexity index is 109. The van der Waals surface area contributed by atoms with Gasteiger partial charge in [0.1, 0.15) is 0 Å². The quantitative estimate of drug-likeness (QED) is 0.531. The summed E-state index contributed by atoms with van der Waals surface area (Å²) < 4.78 is 0. The van der Waals surface area contributed by atoms with Crippen molar-refractivity contribution in [1.82, 2.24) is 4.90 Å². The van der Waals surface area contributed by atoms with Crippen LogP contribution in [0.25, 0.3) is 4.85 Å². The molecule has 0 aliphatic heterocycles. The Hall–Kier alpha value is -0.550. The third kappa shape index (κ3) is 5.87. The van der Waals surface area contributed by atoms with Crippen LogP contribution in [-0.4, -0.2) is 31.1 Å². The second-order valence-corrected chi connectivity index (χ2v) is 2.72. The lowest BCUT2D eigenvalue weighted by Gasteiger charge is -2.17. The molecule has 0 aromatic heterocycles. The summed E-state index contributed by atoms with van der Waals surface area (Å²) in [4.78, 5) is 5.71. The van der Waals surface area contributed by atoms with Crippen molar-refractivity contribution in [2.75, 3.05) is 26.2 Å². The van der Waals surface area contributed by atoms with Gasteiger partial charge in [-0.1, -0.05) is 13.8 Å². The molecule has 0 saturated heterocycles. The molecule has 0 aliphatic rings. The first-order valence-electron chi connectivity index (χ1n) is 4.40. The van der Waals surface area contributed by atoms with Crippen molar-refractivity contribution < 1.29 is 0 Å². The van der Waals surface area contributed by atoms with Crippen molar-refractivity contribution in [3.63, 3.8) is 0 Å². The predicted octanol–water partition coefficient (Wildman–Crippen LogP) is 2.03. The number of nitrogens with zero attached hydrogens (tertiary/aromatic N) is 2. The predicted molar refractivity (Wildman–Crippen MR) is 48.5 cm³/mol. The van der Waals surface area contributed by atoms with Crippen molar-refractivity contribution in [2.45, 2.75) is 26.7 Å². The molecule has 0 N–H and O–H groups in total. The topological polar surface area (TPSA) is 7.60 Å². The molecule has 0 saturated carbocycles. The van der Waals surface area contributed by atoms with Crippen molar-refractivity contribution in [3.8, 4) is 0 Å². The molecule has 0 spiro atoms. The highest BCUT2D eigenvalue weighted by atomic mass is 15.1. The first-order chi connectivity index (χ1) is 5.35. The summed E-state index contributed by atoms with van der Waals surface area (Å²) in [5.41, 5.74) is 0. The maximum atomic E-state index is 6.66. The zero-order chi connectivity index (χ0) is 8.53. The highest BCUT2D eigenvalue weighted by Crippen LogP contribution is 1.93. The van der Waals surface area contributed by atoms with Crippen LogP contribution in [0.1, 0.15) is 26.7 Å². The summed E-state index contributed by atoms with van der Waals surface area (Å²) >= 11 is 0. The molecule has 0 rings (SSSR count). The maximum absolute atomic E-state index is 6.66. The van der Waals surface area contributed by atoms with Gasteiger partial charge in [0.2, 0.25) is 6.54 Å². The lowest BCUT2D eigenvalue weighted by molar-refractivity contribution is 0.287. The number of hydrogen-bond acceptors (Lipinski definition) is 1. The first-order valence-corrected chi connectivity index (χ1v) is 4.40. The second-order valence-electron chi connectivity index (χ2n) is 2.72. The van der Waals surface area contributed by atoms with Gasteiger partial charge in [-0.25, -0.2) is 6.57 Å². The molecule has 0 unspecified atom stereocenters. The Morgan fingerprint density at radius 1 is 1.09 bits per heavy atom. The van der Waals surface area contributed by atoms with E-state index >= 15 is 0 Å². The minimum atomic E-state index is 0.653. The Labute approximate surface area is 70.0 Å². The zero-order valence-corrected chi connectivity index (χ0v) is 7.64. The average molecular weight is 154 g/mol. The standard InChI is InChI=1S/C9H18N2/c1-4-7-11(8-5-2)9-6-10-3/h4-9H2,1-2H3. The molecular formula is C9H18N2. The molecule has 0 atom stereocenters. The summed E-state index contributed by atoms with van der Waals surface area (Å²) in [5, 5.41) is 0. The van der Waals surface area contributed by atoms with Crippen LogP contribution >= 0.6 is 0 Å². The number of rotatable bonds is 6. The van der Waals surface area contributed by atoms with E-state index in [4.69, 9.17) is 6.57 Å². The van der Waals surface area contributed by atoms with E-state index in [1.165, 1.54) is 12.8 Å². The summed E-state index contributed by atoms with van der Waals surface area (Å²) in [6, 6.07) is 0. The van der Waals surface area contributed by atoms with E-state index < -0.39 is 0 Å². The van der Waals surface area contributed by atoms with Gasteiger partial charge in [0, 0.05) is 0 Å². The Kier molecular flexibility index (Phi) is 7.18. The van der Waals surface area contributed by atoms with Crippen molar-refractivity contribution in [2.24, 2.45) is 0 Å². The van der Waals surface area contributed by atoms with E-state index in [0.29, 0.717) is 6.54 Å². The van der Waals surface area contributed by atoms with E-state index in [1.807, 2.05) is 0 Å². The summed E-state index contributed by atoms with van der Waals surface area (Å²) in [7, 11) is 0. The second kappa shape index (κ2) is 7.56. The van der Waals surface area contributed by atoms with Gasteiger partial charge >= 0.3 is 0 Å². The maximum Gasteiger partial charge on any atom is 0.227 e. The van der Waals surface area contributed by atoms with Gasteiger partial charge < -0.3 is 4.85 Å². The molecule has 0 aromatic rings. The van der Waals surface area contributed by atoms with Crippen LogP contribution in [0.3, 0.4) is 0 Å². The molecule has 0 amide bonds. The molecule has 0 bridgehead atoms.